The zero-order chi connectivity index (χ0) is 13.9. The summed E-state index contributed by atoms with van der Waals surface area (Å²) in [5, 5.41) is 16.3. The number of amides is 2. The topological polar surface area (TPSA) is 184 Å². The third-order valence-corrected chi connectivity index (χ3v) is 0.824. The van der Waals surface area contributed by atoms with Gasteiger partial charge in [-0.25, -0.2) is 0 Å². The number of aliphatic hydroxyl groups is 2. The molecule has 0 aliphatic heterocycles. The third-order valence-electron chi connectivity index (χ3n) is 0.824. The van der Waals surface area contributed by atoms with Crippen LogP contribution in [0, 0.1) is 0 Å². The van der Waals surface area contributed by atoms with Crippen LogP contribution in [0.2, 0.25) is 0 Å². The maximum atomic E-state index is 9.67. The van der Waals surface area contributed by atoms with Gasteiger partial charge in [0.2, 0.25) is 11.8 Å². The minimum atomic E-state index is -3.58. The molecule has 2 amide bonds. The summed E-state index contributed by atoms with van der Waals surface area (Å²) in [5.74, 6) is -1.37. The molecule has 0 fully saturated rings. The van der Waals surface area contributed by atoms with E-state index in [2.05, 4.69) is 11.5 Å². The average Bonchev–Trinajstić information content (AvgIpc) is 2.03. The van der Waals surface area contributed by atoms with Crippen LogP contribution in [0.1, 0.15) is 13.8 Å². The molecule has 0 bridgehead atoms. The van der Waals surface area contributed by atoms with Crippen molar-refractivity contribution in [1.82, 2.24) is 0 Å². The summed E-state index contributed by atoms with van der Waals surface area (Å²) in [6.07, 6.45) is -2.02. The number of hydrogen-bond donors (Lipinski definition) is 6. The molecule has 0 aliphatic carbocycles. The van der Waals surface area contributed by atoms with E-state index in [0.717, 1.165) is 0 Å². The van der Waals surface area contributed by atoms with Crippen molar-refractivity contribution in [3.63, 3.8) is 0 Å². The minimum absolute atomic E-state index is 0.685. The van der Waals surface area contributed by atoms with E-state index in [1.54, 1.807) is 0 Å². The monoisotopic (exact) mass is 276 g/mol. The van der Waals surface area contributed by atoms with Gasteiger partial charge in [0.1, 0.15) is 12.2 Å². The van der Waals surface area contributed by atoms with E-state index >= 15 is 0 Å². The van der Waals surface area contributed by atoms with Gasteiger partial charge in [0.15, 0.2) is 0 Å². The predicted octanol–water partition coefficient (Wildman–Crippen LogP) is -3.53. The Hall–Kier alpha value is -0.706. The molecular formula is C6H16N2O7Ti. The van der Waals surface area contributed by atoms with Gasteiger partial charge in [0, 0.05) is 0 Å². The second-order valence-corrected chi connectivity index (χ2v) is 3.32. The van der Waals surface area contributed by atoms with Crippen LogP contribution in [-0.4, -0.2) is 41.6 Å². The van der Waals surface area contributed by atoms with Crippen LogP contribution in [0.4, 0.5) is 0 Å². The Morgan fingerprint density at radius 2 is 1.06 bits per heavy atom. The number of rotatable bonds is 2. The SMILES string of the molecule is CC(O)C(N)=O.CC(O)C(N)=O.[O]=[Ti]([OH])[OH]. The van der Waals surface area contributed by atoms with Crippen molar-refractivity contribution in [3.05, 3.63) is 0 Å². The van der Waals surface area contributed by atoms with Crippen molar-refractivity contribution in [2.24, 2.45) is 11.5 Å². The van der Waals surface area contributed by atoms with E-state index in [4.69, 9.17) is 20.9 Å². The summed E-state index contributed by atoms with van der Waals surface area (Å²) >= 11 is -3.58. The van der Waals surface area contributed by atoms with Gasteiger partial charge in [-0.15, -0.1) is 0 Å². The van der Waals surface area contributed by atoms with Gasteiger partial charge < -0.3 is 21.7 Å². The van der Waals surface area contributed by atoms with Gasteiger partial charge in [-0.2, -0.15) is 0 Å². The maximum absolute atomic E-state index is 9.67. The quantitative estimate of drug-likeness (QED) is 0.282. The van der Waals surface area contributed by atoms with Gasteiger partial charge in [0.05, 0.1) is 0 Å². The van der Waals surface area contributed by atoms with E-state index in [9.17, 15) is 9.59 Å². The van der Waals surface area contributed by atoms with Crippen molar-refractivity contribution >= 4 is 11.8 Å². The second kappa shape index (κ2) is 12.4. The third kappa shape index (κ3) is 37.8. The standard InChI is InChI=1S/2C3H7NO2.2H2O.O.Ti/c2*1-2(5)3(4)6;;;;/h2*2,5H,1H3,(H2,4,6);2*1H2;;/q;;;;;+2/p-2. The molecule has 0 saturated carbocycles. The normalized spacial score (nSPS) is 11.9. The fourth-order valence-electron chi connectivity index (χ4n) is 0. The van der Waals surface area contributed by atoms with Crippen molar-refractivity contribution < 1.29 is 49.1 Å². The molecule has 2 atom stereocenters. The van der Waals surface area contributed by atoms with E-state index in [1.807, 2.05) is 0 Å². The molecule has 9 nitrogen and oxygen atoms in total. The molecular weight excluding hydrogens is 260 g/mol. The summed E-state index contributed by atoms with van der Waals surface area (Å²) in [6.45, 7) is 2.64. The molecule has 0 aliphatic rings. The molecule has 0 aromatic heterocycles. The van der Waals surface area contributed by atoms with Crippen LogP contribution in [0.5, 0.6) is 0 Å². The van der Waals surface area contributed by atoms with E-state index < -0.39 is 42.6 Å². The van der Waals surface area contributed by atoms with Gasteiger partial charge in [-0.05, 0) is 13.8 Å². The van der Waals surface area contributed by atoms with Crippen molar-refractivity contribution in [1.29, 1.82) is 0 Å². The number of nitrogens with two attached hydrogens (primary N) is 2. The Labute approximate surface area is 98.8 Å². The van der Waals surface area contributed by atoms with Gasteiger partial charge in [-0.1, -0.05) is 0 Å². The van der Waals surface area contributed by atoms with Crippen LogP contribution >= 0.6 is 0 Å². The first-order valence-corrected chi connectivity index (χ1v) is 5.92. The molecule has 0 aromatic carbocycles. The van der Waals surface area contributed by atoms with Gasteiger partial charge in [0.25, 0.3) is 0 Å². The summed E-state index contributed by atoms with van der Waals surface area (Å²) in [6, 6.07) is 0. The van der Waals surface area contributed by atoms with Crippen LogP contribution in [0.3, 0.4) is 0 Å². The van der Waals surface area contributed by atoms with E-state index in [1.165, 1.54) is 13.8 Å². The Morgan fingerprint density at radius 3 is 1.06 bits per heavy atom. The first-order chi connectivity index (χ1) is 7.02. The fourth-order valence-corrected chi connectivity index (χ4v) is 0. The van der Waals surface area contributed by atoms with Crippen LogP contribution in [0.25, 0.3) is 0 Å². The Morgan fingerprint density at radius 1 is 1.00 bits per heavy atom. The van der Waals surface area contributed by atoms with Gasteiger partial charge in [-0.3, -0.25) is 9.59 Å². The van der Waals surface area contributed by atoms with Crippen molar-refractivity contribution in [3.8, 4) is 0 Å². The van der Waals surface area contributed by atoms with Crippen molar-refractivity contribution in [2.45, 2.75) is 26.1 Å². The van der Waals surface area contributed by atoms with E-state index in [-0.39, 0.29) is 0 Å². The van der Waals surface area contributed by atoms with Crippen LogP contribution in [0.15, 0.2) is 0 Å². The number of primary amides is 2. The zero-order valence-electron chi connectivity index (χ0n) is 8.82. The van der Waals surface area contributed by atoms with Crippen LogP contribution in [-0.2, 0) is 31.5 Å². The molecule has 0 radical (unpaired) electrons. The van der Waals surface area contributed by atoms with Gasteiger partial charge >= 0.3 is 29.3 Å². The molecule has 0 heterocycles. The molecule has 2 unspecified atom stereocenters. The summed E-state index contributed by atoms with van der Waals surface area (Å²) < 4.78 is 23.2. The zero-order valence-corrected chi connectivity index (χ0v) is 10.4. The van der Waals surface area contributed by atoms with Crippen LogP contribution < -0.4 is 11.5 Å². The number of carbonyl (C=O) groups is 2. The number of hydrogen-bond acceptors (Lipinski definition) is 5. The second-order valence-electron chi connectivity index (χ2n) is 2.44. The molecule has 10 heteroatoms. The van der Waals surface area contributed by atoms with E-state index in [0.29, 0.717) is 0 Å². The molecule has 0 spiro atoms. The Bertz CT molecular complexity index is 209. The molecule has 0 aromatic rings. The number of aliphatic hydroxyl groups excluding tert-OH is 2. The predicted molar refractivity (Wildman–Crippen MR) is 46.9 cm³/mol. The summed E-state index contributed by atoms with van der Waals surface area (Å²) in [4.78, 5) is 19.3. The summed E-state index contributed by atoms with van der Waals surface area (Å²) in [5.41, 5.74) is 9.09. The molecule has 0 saturated heterocycles. The van der Waals surface area contributed by atoms with Crippen molar-refractivity contribution in [2.75, 3.05) is 0 Å². The molecule has 8 N–H and O–H groups in total. The first kappa shape index (κ1) is 20.7. The summed E-state index contributed by atoms with van der Waals surface area (Å²) in [7, 11) is 0. The molecule has 0 rings (SSSR count). The average molecular weight is 276 g/mol. The first-order valence-electron chi connectivity index (χ1n) is 3.89. The Kier molecular flexibility index (Phi) is 16.0. The Balaban J connectivity index is -0.000000162. The fraction of sp³-hybridized carbons (Fsp3) is 0.667. The number of carbonyl (C=O) groups excluding carboxylic acids is 2. The molecule has 96 valence electrons. The molecule has 16 heavy (non-hydrogen) atoms.